The van der Waals surface area contributed by atoms with E-state index >= 15 is 0 Å². The van der Waals surface area contributed by atoms with E-state index in [1.807, 2.05) is 54.6 Å². The molecule has 4 heteroatoms. The van der Waals surface area contributed by atoms with Crippen molar-refractivity contribution >= 4 is 18.0 Å². The lowest BCUT2D eigenvalue weighted by Crippen LogP contribution is -2.41. The molecule has 1 aliphatic rings. The second-order valence-corrected chi connectivity index (χ2v) is 5.69. The summed E-state index contributed by atoms with van der Waals surface area (Å²) in [5, 5.41) is 0. The van der Waals surface area contributed by atoms with Crippen LogP contribution in [-0.4, -0.2) is 17.7 Å². The Labute approximate surface area is 134 Å². The third-order valence-corrected chi connectivity index (χ3v) is 3.46. The molecule has 4 nitrogen and oxygen atoms in total. The van der Waals surface area contributed by atoms with Crippen molar-refractivity contribution in [2.45, 2.75) is 19.6 Å². The molecule has 0 amide bonds. The molecule has 23 heavy (non-hydrogen) atoms. The summed E-state index contributed by atoms with van der Waals surface area (Å²) in [6, 6.07) is 17.3. The number of carbonyl (C=O) groups excluding carboxylic acids is 2. The molecule has 0 unspecified atom stereocenters. The van der Waals surface area contributed by atoms with Crippen LogP contribution < -0.4 is 0 Å². The smallest absolute Gasteiger partial charge is 0.348 e. The summed E-state index contributed by atoms with van der Waals surface area (Å²) < 4.78 is 10.2. The van der Waals surface area contributed by atoms with Crippen LogP contribution in [0.5, 0.6) is 0 Å². The second-order valence-electron chi connectivity index (χ2n) is 5.69. The molecule has 0 aromatic heterocycles. The van der Waals surface area contributed by atoms with Gasteiger partial charge in [-0.2, -0.15) is 0 Å². The fraction of sp³-hybridized carbons (Fsp3) is 0.158. The van der Waals surface area contributed by atoms with Gasteiger partial charge in [0.1, 0.15) is 5.57 Å². The fourth-order valence-electron chi connectivity index (χ4n) is 2.44. The van der Waals surface area contributed by atoms with Crippen LogP contribution in [0.1, 0.15) is 19.4 Å². The van der Waals surface area contributed by atoms with Crippen molar-refractivity contribution in [2.75, 3.05) is 0 Å². The summed E-state index contributed by atoms with van der Waals surface area (Å²) in [5.74, 6) is -2.58. The van der Waals surface area contributed by atoms with Gasteiger partial charge in [-0.15, -0.1) is 0 Å². The topological polar surface area (TPSA) is 52.6 Å². The van der Waals surface area contributed by atoms with Crippen molar-refractivity contribution in [3.63, 3.8) is 0 Å². The average molecular weight is 308 g/mol. The van der Waals surface area contributed by atoms with Crippen LogP contribution in [0.2, 0.25) is 0 Å². The molecule has 1 fully saturated rings. The van der Waals surface area contributed by atoms with Gasteiger partial charge in [-0.05, 0) is 22.8 Å². The maximum absolute atomic E-state index is 12.1. The van der Waals surface area contributed by atoms with Crippen molar-refractivity contribution in [1.29, 1.82) is 0 Å². The largest absolute Gasteiger partial charge is 0.419 e. The first-order valence-electron chi connectivity index (χ1n) is 7.29. The van der Waals surface area contributed by atoms with E-state index in [1.54, 1.807) is 0 Å². The van der Waals surface area contributed by atoms with Gasteiger partial charge in [0.2, 0.25) is 0 Å². The SMILES string of the molecule is CC1(C)OC(=O)C(=Cc2ccccc2-c2ccccc2)C(=O)O1. The Kier molecular flexibility index (Phi) is 3.74. The molecule has 0 N–H and O–H groups in total. The second kappa shape index (κ2) is 5.72. The summed E-state index contributed by atoms with van der Waals surface area (Å²) in [6.07, 6.45) is 1.52. The average Bonchev–Trinajstić information content (AvgIpc) is 2.51. The van der Waals surface area contributed by atoms with Crippen LogP contribution in [0.25, 0.3) is 17.2 Å². The first-order valence-corrected chi connectivity index (χ1v) is 7.29. The van der Waals surface area contributed by atoms with Gasteiger partial charge in [0.15, 0.2) is 0 Å². The van der Waals surface area contributed by atoms with Gasteiger partial charge in [0.05, 0.1) is 0 Å². The van der Waals surface area contributed by atoms with Gasteiger partial charge in [0, 0.05) is 13.8 Å². The molecule has 0 radical (unpaired) electrons. The van der Waals surface area contributed by atoms with Crippen LogP contribution in [0, 0.1) is 0 Å². The summed E-state index contributed by atoms with van der Waals surface area (Å²) in [7, 11) is 0. The number of cyclic esters (lactones) is 2. The molecule has 1 saturated heterocycles. The molecule has 3 rings (SSSR count). The number of ether oxygens (including phenoxy) is 2. The molecule has 2 aromatic rings. The lowest BCUT2D eigenvalue weighted by atomic mass is 9.98. The van der Waals surface area contributed by atoms with E-state index in [0.29, 0.717) is 0 Å². The van der Waals surface area contributed by atoms with E-state index < -0.39 is 17.7 Å². The highest BCUT2D eigenvalue weighted by molar-refractivity contribution is 6.19. The quantitative estimate of drug-likeness (QED) is 0.483. The lowest BCUT2D eigenvalue weighted by molar-refractivity contribution is -0.222. The van der Waals surface area contributed by atoms with Gasteiger partial charge in [0.25, 0.3) is 5.79 Å². The Bertz CT molecular complexity index is 766. The molecule has 0 atom stereocenters. The molecule has 0 bridgehead atoms. The summed E-state index contributed by atoms with van der Waals surface area (Å²) in [4.78, 5) is 24.2. The van der Waals surface area contributed by atoms with Gasteiger partial charge in [-0.25, -0.2) is 9.59 Å². The maximum Gasteiger partial charge on any atom is 0.348 e. The van der Waals surface area contributed by atoms with Gasteiger partial charge in [-0.1, -0.05) is 54.6 Å². The Morgan fingerprint density at radius 3 is 2.04 bits per heavy atom. The Morgan fingerprint density at radius 2 is 1.39 bits per heavy atom. The van der Waals surface area contributed by atoms with E-state index in [9.17, 15) is 9.59 Å². The molecule has 2 aromatic carbocycles. The van der Waals surface area contributed by atoms with Crippen LogP contribution in [0.4, 0.5) is 0 Å². The number of carbonyl (C=O) groups is 2. The molecule has 116 valence electrons. The van der Waals surface area contributed by atoms with Crippen molar-refractivity contribution in [1.82, 2.24) is 0 Å². The third-order valence-electron chi connectivity index (χ3n) is 3.46. The minimum absolute atomic E-state index is 0.104. The highest BCUT2D eigenvalue weighted by atomic mass is 16.7. The lowest BCUT2D eigenvalue weighted by Gasteiger charge is -2.29. The zero-order valence-electron chi connectivity index (χ0n) is 12.9. The van der Waals surface area contributed by atoms with Gasteiger partial charge in [-0.3, -0.25) is 0 Å². The fourth-order valence-corrected chi connectivity index (χ4v) is 2.44. The highest BCUT2D eigenvalue weighted by Gasteiger charge is 2.38. The normalized spacial score (nSPS) is 16.5. The third kappa shape index (κ3) is 3.16. The van der Waals surface area contributed by atoms with Crippen LogP contribution in [0.3, 0.4) is 0 Å². The van der Waals surface area contributed by atoms with E-state index in [4.69, 9.17) is 9.47 Å². The van der Waals surface area contributed by atoms with E-state index in [0.717, 1.165) is 16.7 Å². The molecule has 0 saturated carbocycles. The molecule has 0 spiro atoms. The zero-order chi connectivity index (χ0) is 16.4. The van der Waals surface area contributed by atoms with Crippen molar-refractivity contribution in [3.05, 3.63) is 65.7 Å². The molecular weight excluding hydrogens is 292 g/mol. The first kappa shape index (κ1) is 15.0. The molecule has 0 aliphatic carbocycles. The Morgan fingerprint density at radius 1 is 0.826 bits per heavy atom. The maximum atomic E-state index is 12.1. The predicted molar refractivity (Wildman–Crippen MR) is 86.1 cm³/mol. The number of rotatable bonds is 2. The van der Waals surface area contributed by atoms with E-state index in [2.05, 4.69) is 0 Å². The number of hydrogen-bond acceptors (Lipinski definition) is 4. The van der Waals surface area contributed by atoms with E-state index in [-0.39, 0.29) is 5.57 Å². The molecular formula is C19H16O4. The minimum Gasteiger partial charge on any atom is -0.419 e. The van der Waals surface area contributed by atoms with Crippen LogP contribution >= 0.6 is 0 Å². The summed E-state index contributed by atoms with van der Waals surface area (Å²) in [6.45, 7) is 3.05. The predicted octanol–water partition coefficient (Wildman–Crippen LogP) is 3.57. The molecule has 1 heterocycles. The van der Waals surface area contributed by atoms with Crippen molar-refractivity contribution in [2.24, 2.45) is 0 Å². The van der Waals surface area contributed by atoms with Crippen LogP contribution in [-0.2, 0) is 19.1 Å². The molecule has 1 aliphatic heterocycles. The number of benzene rings is 2. The minimum atomic E-state index is -1.23. The zero-order valence-corrected chi connectivity index (χ0v) is 12.9. The standard InChI is InChI=1S/C19H16O4/c1-19(2)22-17(20)16(18(21)23-19)12-14-10-6-7-11-15(14)13-8-4-3-5-9-13/h3-12H,1-2H3. The van der Waals surface area contributed by atoms with Crippen molar-refractivity contribution < 1.29 is 19.1 Å². The Hall–Kier alpha value is -2.88. The summed E-state index contributed by atoms with van der Waals surface area (Å²) in [5.41, 5.74) is 2.57. The Balaban J connectivity index is 2.04. The monoisotopic (exact) mass is 308 g/mol. The van der Waals surface area contributed by atoms with Gasteiger partial charge < -0.3 is 9.47 Å². The highest BCUT2D eigenvalue weighted by Crippen LogP contribution is 2.28. The number of hydrogen-bond donors (Lipinski definition) is 0. The number of esters is 2. The van der Waals surface area contributed by atoms with Crippen molar-refractivity contribution in [3.8, 4) is 11.1 Å². The first-order chi connectivity index (χ1) is 11.0. The van der Waals surface area contributed by atoms with E-state index in [1.165, 1.54) is 19.9 Å². The van der Waals surface area contributed by atoms with Gasteiger partial charge >= 0.3 is 11.9 Å². The summed E-state index contributed by atoms with van der Waals surface area (Å²) >= 11 is 0. The van der Waals surface area contributed by atoms with Crippen LogP contribution in [0.15, 0.2) is 60.2 Å².